The van der Waals surface area contributed by atoms with E-state index in [1.807, 2.05) is 35.2 Å². The molecule has 0 saturated carbocycles. The number of ether oxygens (including phenoxy) is 1. The number of nitrogens with two attached hydrogens (primary N) is 1. The van der Waals surface area contributed by atoms with Crippen molar-refractivity contribution >= 4 is 17.6 Å². The van der Waals surface area contributed by atoms with Gasteiger partial charge in [-0.3, -0.25) is 28.4 Å². The summed E-state index contributed by atoms with van der Waals surface area (Å²) >= 11 is 0. The Morgan fingerprint density at radius 3 is 2.50 bits per heavy atom. The van der Waals surface area contributed by atoms with Crippen molar-refractivity contribution in [1.29, 1.82) is 0 Å². The standard InChI is InChI=1S/C23H30N4O5/c1-3-26-21(29)19(20(24)27(23(26)31)13-16-9-6-5-7-10-16)18(28)15-25-12-8-11-17(14-25)22(30)32-4-2/h5-7,9-10,17H,3-4,8,11-15,24H2,1-2H3/t17-/m0/s1. The zero-order valence-corrected chi connectivity index (χ0v) is 18.6. The zero-order chi connectivity index (χ0) is 23.3. The van der Waals surface area contributed by atoms with Crippen molar-refractivity contribution in [3.63, 3.8) is 0 Å². The van der Waals surface area contributed by atoms with Crippen molar-refractivity contribution in [3.8, 4) is 0 Å². The Morgan fingerprint density at radius 2 is 1.84 bits per heavy atom. The summed E-state index contributed by atoms with van der Waals surface area (Å²) in [7, 11) is 0. The van der Waals surface area contributed by atoms with Crippen LogP contribution < -0.4 is 17.0 Å². The summed E-state index contributed by atoms with van der Waals surface area (Å²) in [4.78, 5) is 52.9. The van der Waals surface area contributed by atoms with Gasteiger partial charge in [0.05, 0.1) is 25.6 Å². The highest BCUT2D eigenvalue weighted by atomic mass is 16.5. The summed E-state index contributed by atoms with van der Waals surface area (Å²) in [5.41, 5.74) is 5.64. The van der Waals surface area contributed by atoms with Crippen LogP contribution in [0.3, 0.4) is 0 Å². The Bertz CT molecular complexity index is 1090. The number of hydrogen-bond acceptors (Lipinski definition) is 7. The molecular formula is C23H30N4O5. The van der Waals surface area contributed by atoms with Crippen molar-refractivity contribution in [1.82, 2.24) is 14.0 Å². The van der Waals surface area contributed by atoms with Gasteiger partial charge < -0.3 is 10.5 Å². The first-order chi connectivity index (χ1) is 15.4. The van der Waals surface area contributed by atoms with Gasteiger partial charge in [0.15, 0.2) is 5.78 Å². The molecule has 1 aliphatic rings. The third kappa shape index (κ3) is 4.99. The van der Waals surface area contributed by atoms with E-state index in [1.165, 1.54) is 4.57 Å². The van der Waals surface area contributed by atoms with E-state index >= 15 is 0 Å². The van der Waals surface area contributed by atoms with Crippen molar-refractivity contribution < 1.29 is 14.3 Å². The number of hydrogen-bond donors (Lipinski definition) is 1. The number of carbonyl (C=O) groups is 2. The van der Waals surface area contributed by atoms with Gasteiger partial charge >= 0.3 is 11.7 Å². The molecule has 3 rings (SSSR count). The number of rotatable bonds is 8. The molecule has 2 aromatic rings. The van der Waals surface area contributed by atoms with Crippen LogP contribution in [0.15, 0.2) is 39.9 Å². The number of benzene rings is 1. The van der Waals surface area contributed by atoms with Crippen LogP contribution in [0.4, 0.5) is 5.82 Å². The Morgan fingerprint density at radius 1 is 1.12 bits per heavy atom. The van der Waals surface area contributed by atoms with Gasteiger partial charge in [0, 0.05) is 13.1 Å². The summed E-state index contributed by atoms with van der Waals surface area (Å²) in [5.74, 6) is -1.15. The van der Waals surface area contributed by atoms with Crippen LogP contribution in [0.1, 0.15) is 42.6 Å². The Kier molecular flexibility index (Phi) is 7.63. The smallest absolute Gasteiger partial charge is 0.332 e. The zero-order valence-electron chi connectivity index (χ0n) is 18.6. The molecule has 9 nitrogen and oxygen atoms in total. The van der Waals surface area contributed by atoms with Gasteiger partial charge in [-0.2, -0.15) is 0 Å². The average molecular weight is 443 g/mol. The molecule has 0 bridgehead atoms. The largest absolute Gasteiger partial charge is 0.466 e. The van der Waals surface area contributed by atoms with E-state index in [0.29, 0.717) is 26.1 Å². The molecule has 2 heterocycles. The van der Waals surface area contributed by atoms with Crippen molar-refractivity contribution in [2.75, 3.05) is 32.0 Å². The number of nitrogen functional groups attached to an aromatic ring is 1. The first kappa shape index (κ1) is 23.5. The molecule has 1 atom stereocenters. The molecule has 2 N–H and O–H groups in total. The lowest BCUT2D eigenvalue weighted by Crippen LogP contribution is -2.46. The fourth-order valence-corrected chi connectivity index (χ4v) is 4.11. The fourth-order valence-electron chi connectivity index (χ4n) is 4.11. The highest BCUT2D eigenvalue weighted by Crippen LogP contribution is 2.19. The molecule has 1 aromatic carbocycles. The quantitative estimate of drug-likeness (QED) is 0.481. The maximum Gasteiger partial charge on any atom is 0.332 e. The van der Waals surface area contributed by atoms with Crippen LogP contribution in [-0.2, 0) is 22.6 Å². The number of Topliss-reactive ketones (excluding diaryl/α,β-unsaturated/α-hetero) is 1. The number of anilines is 1. The van der Waals surface area contributed by atoms with Crippen LogP contribution >= 0.6 is 0 Å². The maximum atomic E-state index is 13.2. The molecule has 0 aliphatic carbocycles. The normalized spacial score (nSPS) is 16.6. The molecular weight excluding hydrogens is 412 g/mol. The van der Waals surface area contributed by atoms with Crippen LogP contribution in [-0.4, -0.2) is 52.0 Å². The van der Waals surface area contributed by atoms with Gasteiger partial charge in [0.25, 0.3) is 5.56 Å². The summed E-state index contributed by atoms with van der Waals surface area (Å²) in [6.45, 7) is 4.99. The molecule has 0 amide bonds. The predicted molar refractivity (Wildman–Crippen MR) is 121 cm³/mol. The van der Waals surface area contributed by atoms with Gasteiger partial charge in [0.1, 0.15) is 11.4 Å². The molecule has 1 aromatic heterocycles. The van der Waals surface area contributed by atoms with Crippen molar-refractivity contribution in [2.45, 2.75) is 39.8 Å². The molecule has 32 heavy (non-hydrogen) atoms. The molecule has 0 radical (unpaired) electrons. The van der Waals surface area contributed by atoms with Crippen molar-refractivity contribution in [2.24, 2.45) is 5.92 Å². The number of likely N-dealkylation sites (tertiary alicyclic amines) is 1. The lowest BCUT2D eigenvalue weighted by atomic mass is 9.97. The number of aromatic nitrogens is 2. The van der Waals surface area contributed by atoms with E-state index in [1.54, 1.807) is 13.8 Å². The van der Waals surface area contributed by atoms with Crippen LogP contribution in [0, 0.1) is 5.92 Å². The third-order valence-corrected chi connectivity index (χ3v) is 5.74. The van der Waals surface area contributed by atoms with E-state index in [-0.39, 0.29) is 42.9 Å². The molecule has 1 aliphatic heterocycles. The minimum Gasteiger partial charge on any atom is -0.466 e. The Balaban J connectivity index is 1.90. The van der Waals surface area contributed by atoms with Crippen LogP contribution in [0.2, 0.25) is 0 Å². The number of nitrogens with zero attached hydrogens (tertiary/aromatic N) is 3. The van der Waals surface area contributed by atoms with Crippen LogP contribution in [0.25, 0.3) is 0 Å². The first-order valence-corrected chi connectivity index (χ1v) is 11.0. The lowest BCUT2D eigenvalue weighted by Gasteiger charge is -2.31. The topological polar surface area (TPSA) is 117 Å². The highest BCUT2D eigenvalue weighted by molar-refractivity contribution is 6.01. The van der Waals surface area contributed by atoms with Gasteiger partial charge in [-0.25, -0.2) is 4.79 Å². The summed E-state index contributed by atoms with van der Waals surface area (Å²) in [6.07, 6.45) is 1.45. The number of piperidine rings is 1. The number of carbonyl (C=O) groups excluding carboxylic acids is 2. The van der Waals surface area contributed by atoms with Gasteiger partial charge in [-0.1, -0.05) is 30.3 Å². The summed E-state index contributed by atoms with van der Waals surface area (Å²) in [6, 6.07) is 9.24. The van der Waals surface area contributed by atoms with E-state index < -0.39 is 17.0 Å². The molecule has 1 fully saturated rings. The lowest BCUT2D eigenvalue weighted by molar-refractivity contribution is -0.149. The van der Waals surface area contributed by atoms with Crippen LogP contribution in [0.5, 0.6) is 0 Å². The second-order valence-corrected chi connectivity index (χ2v) is 7.91. The predicted octanol–water partition coefficient (Wildman–Crippen LogP) is 1.12. The van der Waals surface area contributed by atoms with Gasteiger partial charge in [-0.15, -0.1) is 0 Å². The van der Waals surface area contributed by atoms with Crippen molar-refractivity contribution in [3.05, 3.63) is 62.3 Å². The number of esters is 1. The molecule has 0 unspecified atom stereocenters. The second-order valence-electron chi connectivity index (χ2n) is 7.91. The van der Waals surface area contributed by atoms with E-state index in [9.17, 15) is 19.2 Å². The molecule has 0 spiro atoms. The van der Waals surface area contributed by atoms with E-state index in [4.69, 9.17) is 10.5 Å². The second kappa shape index (κ2) is 10.4. The minimum absolute atomic E-state index is 0.0530. The van der Waals surface area contributed by atoms with E-state index in [0.717, 1.165) is 16.6 Å². The fraction of sp³-hybridized carbons (Fsp3) is 0.478. The monoisotopic (exact) mass is 442 g/mol. The third-order valence-electron chi connectivity index (χ3n) is 5.74. The highest BCUT2D eigenvalue weighted by Gasteiger charge is 2.30. The minimum atomic E-state index is -0.678. The Labute approximate surface area is 186 Å². The molecule has 9 heteroatoms. The summed E-state index contributed by atoms with van der Waals surface area (Å²) in [5, 5.41) is 0. The SMILES string of the molecule is CCOC(=O)[C@H]1CCCN(CC(=O)c2c(N)n(Cc3ccccc3)c(=O)n(CC)c2=O)C1. The number of ketones is 1. The maximum absolute atomic E-state index is 13.2. The van der Waals surface area contributed by atoms with E-state index in [2.05, 4.69) is 0 Å². The Hall–Kier alpha value is -3.20. The van der Waals surface area contributed by atoms with Gasteiger partial charge in [-0.05, 0) is 38.8 Å². The van der Waals surface area contributed by atoms with Gasteiger partial charge in [0.2, 0.25) is 0 Å². The molecule has 172 valence electrons. The average Bonchev–Trinajstić information content (AvgIpc) is 2.78. The first-order valence-electron chi connectivity index (χ1n) is 11.0. The molecule has 1 saturated heterocycles. The summed E-state index contributed by atoms with van der Waals surface area (Å²) < 4.78 is 7.41.